The lowest BCUT2D eigenvalue weighted by atomic mass is 10.2. The lowest BCUT2D eigenvalue weighted by molar-refractivity contribution is -0.0498. The molecule has 1 rings (SSSR count). The standard InChI is InChI=1S/C11H15F2NO2/c1-8(14)6-15-7-9-2-4-10(5-3-9)16-11(12)13/h2-5,8,11H,6-7,14H2,1H3/t8-/m1/s1. The average molecular weight is 231 g/mol. The first kappa shape index (κ1) is 12.9. The van der Waals surface area contributed by atoms with Crippen LogP contribution in [-0.4, -0.2) is 19.3 Å². The van der Waals surface area contributed by atoms with E-state index in [0.717, 1.165) is 5.56 Å². The molecule has 0 amide bonds. The molecule has 0 aliphatic carbocycles. The summed E-state index contributed by atoms with van der Waals surface area (Å²) in [4.78, 5) is 0. The topological polar surface area (TPSA) is 44.5 Å². The Morgan fingerprint density at radius 3 is 2.38 bits per heavy atom. The number of nitrogens with two attached hydrogens (primary N) is 1. The van der Waals surface area contributed by atoms with E-state index in [9.17, 15) is 8.78 Å². The van der Waals surface area contributed by atoms with E-state index in [1.54, 1.807) is 12.1 Å². The van der Waals surface area contributed by atoms with Gasteiger partial charge in [0.1, 0.15) is 5.75 Å². The summed E-state index contributed by atoms with van der Waals surface area (Å²) in [7, 11) is 0. The fraction of sp³-hybridized carbons (Fsp3) is 0.455. The van der Waals surface area contributed by atoms with Gasteiger partial charge in [0.2, 0.25) is 0 Å². The van der Waals surface area contributed by atoms with E-state index in [1.165, 1.54) is 12.1 Å². The molecule has 0 saturated heterocycles. The van der Waals surface area contributed by atoms with Gasteiger partial charge in [-0.3, -0.25) is 0 Å². The van der Waals surface area contributed by atoms with Crippen LogP contribution in [0.4, 0.5) is 8.78 Å². The van der Waals surface area contributed by atoms with Crippen LogP contribution >= 0.6 is 0 Å². The van der Waals surface area contributed by atoms with Crippen molar-refractivity contribution in [3.05, 3.63) is 29.8 Å². The number of halogens is 2. The normalized spacial score (nSPS) is 12.8. The Morgan fingerprint density at radius 1 is 1.25 bits per heavy atom. The molecule has 0 aromatic heterocycles. The third-order valence-electron chi connectivity index (χ3n) is 1.80. The number of rotatable bonds is 6. The minimum absolute atomic E-state index is 0.0126. The molecule has 0 bridgehead atoms. The molecule has 1 atom stereocenters. The van der Waals surface area contributed by atoms with Gasteiger partial charge in [0, 0.05) is 6.04 Å². The molecule has 16 heavy (non-hydrogen) atoms. The second kappa shape index (κ2) is 6.40. The molecule has 0 fully saturated rings. The summed E-state index contributed by atoms with van der Waals surface area (Å²) in [5, 5.41) is 0. The van der Waals surface area contributed by atoms with Crippen LogP contribution in [0.2, 0.25) is 0 Å². The SMILES string of the molecule is C[C@@H](N)COCc1ccc(OC(F)F)cc1. The van der Waals surface area contributed by atoms with Gasteiger partial charge in [-0.05, 0) is 24.6 Å². The van der Waals surface area contributed by atoms with Gasteiger partial charge in [-0.25, -0.2) is 0 Å². The van der Waals surface area contributed by atoms with E-state index in [1.807, 2.05) is 6.92 Å². The summed E-state index contributed by atoms with van der Waals surface area (Å²) in [6.07, 6.45) is 0. The molecule has 0 aliphatic heterocycles. The molecule has 0 saturated carbocycles. The quantitative estimate of drug-likeness (QED) is 0.815. The maximum Gasteiger partial charge on any atom is 0.387 e. The smallest absolute Gasteiger partial charge is 0.387 e. The van der Waals surface area contributed by atoms with Crippen LogP contribution in [0.1, 0.15) is 12.5 Å². The van der Waals surface area contributed by atoms with Crippen molar-refractivity contribution in [1.82, 2.24) is 0 Å². The molecule has 5 heteroatoms. The van der Waals surface area contributed by atoms with Crippen molar-refractivity contribution in [3.8, 4) is 5.75 Å². The van der Waals surface area contributed by atoms with Crippen LogP contribution < -0.4 is 10.5 Å². The van der Waals surface area contributed by atoms with Gasteiger partial charge in [0.05, 0.1) is 13.2 Å². The van der Waals surface area contributed by atoms with Crippen molar-refractivity contribution in [2.24, 2.45) is 5.73 Å². The van der Waals surface area contributed by atoms with Gasteiger partial charge in [0.25, 0.3) is 0 Å². The monoisotopic (exact) mass is 231 g/mol. The minimum atomic E-state index is -2.79. The van der Waals surface area contributed by atoms with Crippen molar-refractivity contribution in [3.63, 3.8) is 0 Å². The highest BCUT2D eigenvalue weighted by Crippen LogP contribution is 2.15. The first-order valence-corrected chi connectivity index (χ1v) is 4.95. The molecule has 0 unspecified atom stereocenters. The summed E-state index contributed by atoms with van der Waals surface area (Å²) in [5.74, 6) is 0.144. The molecule has 1 aromatic carbocycles. The Kier molecular flexibility index (Phi) is 5.14. The van der Waals surface area contributed by atoms with E-state index in [0.29, 0.717) is 13.2 Å². The van der Waals surface area contributed by atoms with Crippen molar-refractivity contribution in [2.75, 3.05) is 6.61 Å². The van der Waals surface area contributed by atoms with Crippen LogP contribution in [0, 0.1) is 0 Å². The van der Waals surface area contributed by atoms with Crippen molar-refractivity contribution in [1.29, 1.82) is 0 Å². The van der Waals surface area contributed by atoms with Crippen LogP contribution in [0.15, 0.2) is 24.3 Å². The Balaban J connectivity index is 2.39. The fourth-order valence-corrected chi connectivity index (χ4v) is 1.13. The van der Waals surface area contributed by atoms with Crippen LogP contribution in [0.5, 0.6) is 5.75 Å². The zero-order valence-corrected chi connectivity index (χ0v) is 9.03. The van der Waals surface area contributed by atoms with Gasteiger partial charge in [-0.15, -0.1) is 0 Å². The van der Waals surface area contributed by atoms with E-state index in [2.05, 4.69) is 4.74 Å². The second-order valence-corrected chi connectivity index (χ2v) is 3.51. The molecule has 90 valence electrons. The van der Waals surface area contributed by atoms with Gasteiger partial charge >= 0.3 is 6.61 Å². The lowest BCUT2D eigenvalue weighted by Crippen LogP contribution is -2.21. The Hall–Kier alpha value is -1.20. The summed E-state index contributed by atoms with van der Waals surface area (Å²) < 4.78 is 33.2. The van der Waals surface area contributed by atoms with Crippen molar-refractivity contribution < 1.29 is 18.3 Å². The van der Waals surface area contributed by atoms with Gasteiger partial charge in [0.15, 0.2) is 0 Å². The fourth-order valence-electron chi connectivity index (χ4n) is 1.13. The zero-order chi connectivity index (χ0) is 12.0. The molecule has 2 N–H and O–H groups in total. The highest BCUT2D eigenvalue weighted by Gasteiger charge is 2.03. The van der Waals surface area contributed by atoms with Crippen molar-refractivity contribution >= 4 is 0 Å². The molecule has 1 aromatic rings. The molecule has 0 aliphatic rings. The van der Waals surface area contributed by atoms with Crippen LogP contribution in [0.25, 0.3) is 0 Å². The van der Waals surface area contributed by atoms with Gasteiger partial charge < -0.3 is 15.2 Å². The molecule has 0 spiro atoms. The van der Waals surface area contributed by atoms with E-state index in [4.69, 9.17) is 10.5 Å². The number of alkyl halides is 2. The first-order valence-electron chi connectivity index (χ1n) is 4.95. The average Bonchev–Trinajstić information content (AvgIpc) is 2.19. The van der Waals surface area contributed by atoms with E-state index in [-0.39, 0.29) is 11.8 Å². The highest BCUT2D eigenvalue weighted by atomic mass is 19.3. The highest BCUT2D eigenvalue weighted by molar-refractivity contribution is 5.26. The van der Waals surface area contributed by atoms with Crippen LogP contribution in [0.3, 0.4) is 0 Å². The molecule has 0 radical (unpaired) electrons. The molecular weight excluding hydrogens is 216 g/mol. The predicted molar refractivity (Wildman–Crippen MR) is 56.4 cm³/mol. The Labute approximate surface area is 93.2 Å². The van der Waals surface area contributed by atoms with E-state index < -0.39 is 6.61 Å². The number of benzene rings is 1. The molecule has 3 nitrogen and oxygen atoms in total. The number of hydrogen-bond acceptors (Lipinski definition) is 3. The third kappa shape index (κ3) is 5.04. The first-order chi connectivity index (χ1) is 7.58. The molecular formula is C11H15F2NO2. The summed E-state index contributed by atoms with van der Waals surface area (Å²) in [5.41, 5.74) is 6.40. The zero-order valence-electron chi connectivity index (χ0n) is 9.03. The minimum Gasteiger partial charge on any atom is -0.435 e. The number of hydrogen-bond donors (Lipinski definition) is 1. The summed E-state index contributed by atoms with van der Waals surface area (Å²) >= 11 is 0. The maximum atomic E-state index is 11.9. The maximum absolute atomic E-state index is 11.9. The van der Waals surface area contributed by atoms with Crippen LogP contribution in [-0.2, 0) is 11.3 Å². The third-order valence-corrected chi connectivity index (χ3v) is 1.80. The Morgan fingerprint density at radius 2 is 1.88 bits per heavy atom. The summed E-state index contributed by atoms with van der Waals surface area (Å²) in [6, 6.07) is 6.31. The number of ether oxygens (including phenoxy) is 2. The molecule has 0 heterocycles. The van der Waals surface area contributed by atoms with Gasteiger partial charge in [-0.1, -0.05) is 12.1 Å². The largest absolute Gasteiger partial charge is 0.435 e. The van der Waals surface area contributed by atoms with Crippen molar-refractivity contribution in [2.45, 2.75) is 26.2 Å². The second-order valence-electron chi connectivity index (χ2n) is 3.51. The summed E-state index contributed by atoms with van der Waals surface area (Å²) in [6.45, 7) is -0.0640. The Bertz CT molecular complexity index is 301. The van der Waals surface area contributed by atoms with Gasteiger partial charge in [-0.2, -0.15) is 8.78 Å². The lowest BCUT2D eigenvalue weighted by Gasteiger charge is -2.08. The predicted octanol–water partition coefficient (Wildman–Crippen LogP) is 2.15. The van der Waals surface area contributed by atoms with E-state index >= 15 is 0 Å².